The zero-order valence-corrected chi connectivity index (χ0v) is 81.6. The number of alkyl halides is 2. The minimum atomic E-state index is -3.58. The number of carbonyl (C=O) groups excluding carboxylic acids is 6. The molecule has 0 bridgehead atoms. The predicted octanol–water partition coefficient (Wildman–Crippen LogP) is 19.4. The van der Waals surface area contributed by atoms with Crippen molar-refractivity contribution in [2.24, 2.45) is 39.6 Å². The van der Waals surface area contributed by atoms with Gasteiger partial charge in [-0.2, -0.15) is 0 Å². The van der Waals surface area contributed by atoms with E-state index in [4.69, 9.17) is 156 Å². The van der Waals surface area contributed by atoms with Gasteiger partial charge in [0.1, 0.15) is 25.1 Å². The number of aliphatic hydroxyl groups is 2. The van der Waals surface area contributed by atoms with Gasteiger partial charge in [0.05, 0.1) is 96.2 Å². The van der Waals surface area contributed by atoms with Gasteiger partial charge in [-0.1, -0.05) is 263 Å². The van der Waals surface area contributed by atoms with Crippen LogP contribution in [0.1, 0.15) is 170 Å². The topological polar surface area (TPSA) is 361 Å². The quantitative estimate of drug-likeness (QED) is 0.00733. The van der Waals surface area contributed by atoms with Crippen molar-refractivity contribution < 1.29 is 126 Å². The number of aliphatic hydroxyl groups excluding tert-OH is 2. The van der Waals surface area contributed by atoms with Gasteiger partial charge >= 0.3 is 89.6 Å². The van der Waals surface area contributed by atoms with E-state index in [1.165, 1.54) is 48.5 Å². The molecule has 0 saturated heterocycles. The van der Waals surface area contributed by atoms with Crippen LogP contribution in [-0.2, 0) is 56.8 Å². The molecule has 7 atom stereocenters. The Hall–Kier alpha value is -3.31. The number of carboxylic acid groups (broad SMARTS) is 2. The Morgan fingerprint density at radius 1 is 0.513 bits per heavy atom. The number of hydrogen-bond acceptors (Lipinski definition) is 21. The normalized spacial score (nSPS) is 11.8. The second-order valence-electron chi connectivity index (χ2n) is 23.9. The smallest absolute Gasteiger partial charge is 1.00 e. The van der Waals surface area contributed by atoms with Gasteiger partial charge in [0.2, 0.25) is 0 Å². The van der Waals surface area contributed by atoms with Crippen LogP contribution < -0.4 is 35.3 Å². The molecule has 6 rings (SSSR count). The summed E-state index contributed by atoms with van der Waals surface area (Å²) in [7, 11) is 7.45. The fourth-order valence-electron chi connectivity index (χ4n) is 6.97. The number of carbonyl (C=O) groups is 8. The number of benzene rings is 6. The van der Waals surface area contributed by atoms with Gasteiger partial charge < -0.3 is 46.5 Å². The van der Waals surface area contributed by atoms with Crippen molar-refractivity contribution in [3.05, 3.63) is 195 Å². The number of ketones is 2. The number of nitrogens with two attached hydrogens (primary N) is 1. The van der Waals surface area contributed by atoms with Crippen LogP contribution in [0.15, 0.2) is 135 Å². The van der Waals surface area contributed by atoms with Crippen molar-refractivity contribution in [2.45, 2.75) is 156 Å². The van der Waals surface area contributed by atoms with Gasteiger partial charge in [0.15, 0.2) is 12.4 Å². The third-order valence-electron chi connectivity index (χ3n) is 14.7. The summed E-state index contributed by atoms with van der Waals surface area (Å²) in [6.45, 7) is 22.5. The standard InChI is InChI=1S/C13H16Cl2O3.C13H14Cl2O3.C12H15Cl2NO3.C7H6BrClO2S.C7H4Cl2O2.C7H7ClO2S.C6H11BrO.C5H9ClO2.C5H10O2.CH4.BHNS.B.Na.H/c2*1-3-8(2)11(16)7-18-13(17)12-9(14)5-4-6-10(12)15;1-2-9(15)10(16)6-18-12(17)11-7(13)4-3-5-8(11)14;8-5-6-2-1-3-7(4-6)12(9,10)11;8-4-2-1-3-5(9)6(4)7(10)11;1-6-3-2-4-7(5-6)11(8,9)10;1-3-5(2)6(8)4-7;1-4(2)3-8-5(6)7;1-3-4(2)5(6)7;;1-2-3;;;/h4-6,8,11,16H,3,7H2,1-2H3;4-6,8H,3,7H2,1-2H3;3-5,9-10,16H,2,6,15H2,1H3;1-4H,5H2;1-3H,(H,10,11);2-5H,1H3;5H,3-4H2,1-2H3;4H,3H2,1-2H3;4H,3H2,1-2H3,(H,6,7);1H4;3H;;;/q;;;;;;;;;;;;+1;-1/t8-,11?;8-;9-,10?;;;;5-;;4-;;;;;/m000...0.0...../s1. The number of nitrogens with zero attached hydrogens (tertiary/aromatic N) is 1. The monoisotopic (exact) mass is 2040 g/mol. The summed E-state index contributed by atoms with van der Waals surface area (Å²) in [5.41, 5.74) is 6.93. The van der Waals surface area contributed by atoms with Crippen molar-refractivity contribution >= 4 is 251 Å². The van der Waals surface area contributed by atoms with Gasteiger partial charge in [-0.3, -0.25) is 14.4 Å². The number of ether oxygens (including phenoxy) is 4. The molecule has 0 heterocycles. The van der Waals surface area contributed by atoms with Gasteiger partial charge in [-0.25, -0.2) is 40.8 Å². The van der Waals surface area contributed by atoms with E-state index >= 15 is 0 Å². The number of halogens is 13. The maximum Gasteiger partial charge on any atom is 1.00 e. The van der Waals surface area contributed by atoms with Gasteiger partial charge in [0.25, 0.3) is 18.1 Å². The first-order chi connectivity index (χ1) is 53.0. The van der Waals surface area contributed by atoms with E-state index in [1.807, 2.05) is 81.4 Å². The van der Waals surface area contributed by atoms with Gasteiger partial charge in [0, 0.05) is 64.6 Å². The van der Waals surface area contributed by atoms with E-state index in [2.05, 4.69) is 61.4 Å². The molecule has 2 unspecified atom stereocenters. The summed E-state index contributed by atoms with van der Waals surface area (Å²) in [6, 6.07) is 31.3. The molecule has 0 aliphatic carbocycles. The van der Waals surface area contributed by atoms with E-state index in [0.717, 1.165) is 30.4 Å². The second-order valence-corrected chi connectivity index (χ2v) is 34.0. The number of Topliss-reactive ketones (excluding diaryl/α,β-unsaturated/α-hetero) is 2. The first-order valence-corrected chi connectivity index (χ1v) is 44.6. The number of aliphatic carboxylic acids is 1. The molecular weight excluding hydrogens is 1950 g/mol. The summed E-state index contributed by atoms with van der Waals surface area (Å²) >= 11 is 60.7. The molecule has 0 spiro atoms. The van der Waals surface area contributed by atoms with E-state index in [0.29, 0.717) is 41.8 Å². The zero-order valence-electron chi connectivity index (χ0n) is 66.6. The Labute approximate surface area is 791 Å². The van der Waals surface area contributed by atoms with Crippen LogP contribution >= 0.6 is 170 Å². The Balaban J connectivity index is -0.000000194. The van der Waals surface area contributed by atoms with Crippen molar-refractivity contribution in [2.75, 3.05) is 31.8 Å². The molecule has 117 heavy (non-hydrogen) atoms. The van der Waals surface area contributed by atoms with Crippen LogP contribution in [0, 0.1) is 36.5 Å². The van der Waals surface area contributed by atoms with Crippen LogP contribution in [0.2, 0.25) is 40.2 Å². The van der Waals surface area contributed by atoms with E-state index < -0.39 is 71.6 Å². The molecule has 6 N–H and O–H groups in total. The minimum Gasteiger partial charge on any atom is -1.00 e. The molecular formula is C76H98B2Br2Cl11N2NaO20S3. The van der Waals surface area contributed by atoms with Crippen LogP contribution in [0.3, 0.4) is 0 Å². The average Bonchev–Trinajstić information content (AvgIpc) is 0.860. The van der Waals surface area contributed by atoms with Crippen molar-refractivity contribution in [3.8, 4) is 0 Å². The maximum absolute atomic E-state index is 11.8. The Morgan fingerprint density at radius 3 is 1.09 bits per heavy atom. The molecule has 0 amide bonds. The summed E-state index contributed by atoms with van der Waals surface area (Å²) in [5, 5.41) is 38.8. The number of rotatable bonds is 26. The fraction of sp³-hybridized carbons (Fsp3) is 0.421. The Bertz CT molecular complexity index is 4070. The number of aromatic carboxylic acids is 1. The third-order valence-corrected chi connectivity index (χ3v) is 21.2. The van der Waals surface area contributed by atoms with Crippen LogP contribution in [-0.4, -0.2) is 150 Å². The number of hydrogen-bond donors (Lipinski definition) is 6. The van der Waals surface area contributed by atoms with E-state index in [9.17, 15) is 65.4 Å². The van der Waals surface area contributed by atoms with Crippen LogP contribution in [0.5, 0.6) is 0 Å². The first kappa shape index (κ1) is 127. The largest absolute Gasteiger partial charge is 1.00 e. The summed E-state index contributed by atoms with van der Waals surface area (Å²) in [6.07, 6.45) is 2.19. The summed E-state index contributed by atoms with van der Waals surface area (Å²) in [4.78, 5) is 88.1. The zero-order chi connectivity index (χ0) is 88.9. The van der Waals surface area contributed by atoms with E-state index in [1.54, 1.807) is 74.5 Å². The molecule has 0 saturated carbocycles. The Morgan fingerprint density at radius 2 is 0.838 bits per heavy atom. The number of esters is 3. The molecule has 648 valence electrons. The van der Waals surface area contributed by atoms with Crippen molar-refractivity contribution in [1.29, 1.82) is 0 Å². The molecule has 0 aliphatic heterocycles. The molecule has 0 aromatic heterocycles. The van der Waals surface area contributed by atoms with Gasteiger partial charge in [-0.05, 0) is 128 Å². The van der Waals surface area contributed by atoms with Crippen molar-refractivity contribution in [1.82, 2.24) is 0 Å². The predicted molar refractivity (Wildman–Crippen MR) is 482 cm³/mol. The fourth-order valence-corrected chi connectivity index (χ4v) is 11.8. The Kier molecular flexibility index (Phi) is 77.0. The molecule has 6 aromatic carbocycles. The molecule has 0 aliphatic rings. The molecule has 41 heteroatoms. The first-order valence-electron chi connectivity index (χ1n) is 34.0. The molecule has 4 radical (unpaired) electrons. The number of thiol groups is 1. The summed E-state index contributed by atoms with van der Waals surface area (Å²) in [5.74, 6) is -3.25. The van der Waals surface area contributed by atoms with Crippen LogP contribution in [0.4, 0.5) is 4.79 Å². The minimum absolute atomic E-state index is 0. The number of carboxylic acids is 2. The second kappa shape index (κ2) is 71.0. The van der Waals surface area contributed by atoms with Crippen LogP contribution in [0.25, 0.3) is 0 Å². The summed E-state index contributed by atoms with van der Waals surface area (Å²) < 4.78 is 65.2. The SMILES string of the molecule is C.CC(C)COC(=O)Cl.CC[C@H](C)C(=O)CBr.CC[C@H](C)C(=O)COC(=O)c1c(Cl)cccc1Cl.CC[C@H](C)C(=O)O.CC[C@H](C)C(O)COC(=O)c1c(Cl)cccc1Cl.CC[C@H](N)C(O)COC(=O)c1c(Cl)cccc1Cl.Cc1cccc(S(=O)(=O)Cl)c1.O=C(O)c1c(Cl)cccc1Cl.O=S(=O)(Cl)c1cccc(CBr)c1.[B].[B]=NS.[H-].[Na+]. The van der Waals surface area contributed by atoms with Crippen molar-refractivity contribution in [3.63, 3.8) is 0 Å². The maximum atomic E-state index is 11.8. The molecule has 0 fully saturated rings. The molecule has 22 nitrogen and oxygen atoms in total. The molecule has 6 aromatic rings. The van der Waals surface area contributed by atoms with E-state index in [-0.39, 0.29) is 168 Å². The third kappa shape index (κ3) is 57.7. The average molecular weight is 2050 g/mol. The number of aryl methyl sites for hydroxylation is 1. The van der Waals surface area contributed by atoms with Gasteiger partial charge in [-0.15, -0.1) is 0 Å².